The molecule has 0 saturated heterocycles. The van der Waals surface area contributed by atoms with E-state index in [1.54, 1.807) is 11.3 Å². The SMILES string of the molecule is c1cc(-c2cccc(-n3c4ccccc4c4ccccc43)c2)cc(-c2cc3c(cn2)sc2ccccc23)c1. The van der Waals surface area contributed by atoms with E-state index in [1.165, 1.54) is 53.1 Å². The predicted molar refractivity (Wildman–Crippen MR) is 162 cm³/mol. The summed E-state index contributed by atoms with van der Waals surface area (Å²) < 4.78 is 4.90. The highest BCUT2D eigenvalue weighted by Gasteiger charge is 2.13. The maximum Gasteiger partial charge on any atom is 0.0709 e. The van der Waals surface area contributed by atoms with Crippen LogP contribution in [0.4, 0.5) is 0 Å². The van der Waals surface area contributed by atoms with Crippen molar-refractivity contribution in [3.05, 3.63) is 134 Å². The van der Waals surface area contributed by atoms with E-state index in [0.717, 1.165) is 16.9 Å². The predicted octanol–water partition coefficient (Wildman–Crippen LogP) is 9.88. The molecule has 3 aromatic heterocycles. The molecule has 0 saturated carbocycles. The summed E-state index contributed by atoms with van der Waals surface area (Å²) in [5, 5.41) is 5.12. The molecule has 0 aliphatic rings. The van der Waals surface area contributed by atoms with Crippen LogP contribution >= 0.6 is 11.3 Å². The van der Waals surface area contributed by atoms with Crippen molar-refractivity contribution in [2.75, 3.05) is 0 Å². The van der Waals surface area contributed by atoms with Gasteiger partial charge in [-0.1, -0.05) is 84.9 Å². The van der Waals surface area contributed by atoms with Gasteiger partial charge >= 0.3 is 0 Å². The average molecular weight is 503 g/mol. The monoisotopic (exact) mass is 502 g/mol. The summed E-state index contributed by atoms with van der Waals surface area (Å²) in [6.45, 7) is 0. The highest BCUT2D eigenvalue weighted by atomic mass is 32.1. The highest BCUT2D eigenvalue weighted by molar-refractivity contribution is 7.25. The van der Waals surface area contributed by atoms with E-state index in [2.05, 4.69) is 132 Å². The van der Waals surface area contributed by atoms with Gasteiger partial charge in [0.25, 0.3) is 0 Å². The van der Waals surface area contributed by atoms with Crippen molar-refractivity contribution < 1.29 is 0 Å². The molecule has 0 aliphatic carbocycles. The molecule has 0 unspecified atom stereocenters. The molecule has 0 fully saturated rings. The molecule has 8 rings (SSSR count). The van der Waals surface area contributed by atoms with Gasteiger partial charge in [-0.15, -0.1) is 11.3 Å². The van der Waals surface area contributed by atoms with Crippen LogP contribution in [0, 0.1) is 0 Å². The van der Waals surface area contributed by atoms with Crippen LogP contribution in [-0.2, 0) is 0 Å². The molecule has 0 spiro atoms. The average Bonchev–Trinajstić information content (AvgIpc) is 3.53. The van der Waals surface area contributed by atoms with Crippen LogP contribution < -0.4 is 0 Å². The maximum atomic E-state index is 4.84. The zero-order valence-corrected chi connectivity index (χ0v) is 21.3. The number of aromatic nitrogens is 2. The first-order valence-corrected chi connectivity index (χ1v) is 13.6. The van der Waals surface area contributed by atoms with E-state index < -0.39 is 0 Å². The first kappa shape index (κ1) is 21.4. The summed E-state index contributed by atoms with van der Waals surface area (Å²) in [6, 6.07) is 45.7. The second kappa shape index (κ2) is 8.41. The van der Waals surface area contributed by atoms with Crippen LogP contribution in [0.3, 0.4) is 0 Å². The fraction of sp³-hybridized carbons (Fsp3) is 0. The Balaban J connectivity index is 1.25. The van der Waals surface area contributed by atoms with Crippen molar-refractivity contribution in [3.8, 4) is 28.1 Å². The van der Waals surface area contributed by atoms with Gasteiger partial charge in [0.2, 0.25) is 0 Å². The van der Waals surface area contributed by atoms with E-state index in [1.807, 2.05) is 6.20 Å². The van der Waals surface area contributed by atoms with E-state index in [9.17, 15) is 0 Å². The standard InChI is InChI=1S/C35H22N2S/c1-4-16-32-27(13-1)28-14-2-5-17-33(28)37(32)26-12-8-10-24(20-26)23-9-7-11-25(19-23)31-21-30-29-15-3-6-18-34(29)38-35(30)22-36-31/h1-22H. The quantitative estimate of drug-likeness (QED) is 0.235. The fourth-order valence-electron chi connectivity index (χ4n) is 5.67. The Morgan fingerprint density at radius 3 is 1.89 bits per heavy atom. The molecule has 178 valence electrons. The lowest BCUT2D eigenvalue weighted by atomic mass is 10.0. The van der Waals surface area contributed by atoms with Crippen molar-refractivity contribution in [2.24, 2.45) is 0 Å². The molecule has 0 amide bonds. The third kappa shape index (κ3) is 3.29. The Morgan fingerprint density at radius 2 is 1.11 bits per heavy atom. The van der Waals surface area contributed by atoms with Gasteiger partial charge in [0, 0.05) is 43.7 Å². The smallest absolute Gasteiger partial charge is 0.0709 e. The van der Waals surface area contributed by atoms with Crippen molar-refractivity contribution in [2.45, 2.75) is 0 Å². The number of thiophene rings is 1. The van der Waals surface area contributed by atoms with Crippen molar-refractivity contribution in [1.82, 2.24) is 9.55 Å². The van der Waals surface area contributed by atoms with Crippen molar-refractivity contribution >= 4 is 53.3 Å². The van der Waals surface area contributed by atoms with Gasteiger partial charge in [-0.25, -0.2) is 0 Å². The molecule has 2 nitrogen and oxygen atoms in total. The number of hydrogen-bond acceptors (Lipinski definition) is 2. The maximum absolute atomic E-state index is 4.84. The molecule has 0 radical (unpaired) electrons. The molecule has 0 aliphatic heterocycles. The largest absolute Gasteiger partial charge is 0.309 e. The topological polar surface area (TPSA) is 17.8 Å². The van der Waals surface area contributed by atoms with Crippen molar-refractivity contribution in [3.63, 3.8) is 0 Å². The second-order valence-electron chi connectivity index (χ2n) is 9.66. The normalized spacial score (nSPS) is 11.7. The molecule has 3 heterocycles. The summed E-state index contributed by atoms with van der Waals surface area (Å²) in [5.74, 6) is 0. The first-order valence-electron chi connectivity index (χ1n) is 12.8. The van der Waals surface area contributed by atoms with Gasteiger partial charge in [-0.3, -0.25) is 4.98 Å². The zero-order valence-electron chi connectivity index (χ0n) is 20.5. The first-order chi connectivity index (χ1) is 18.8. The molecule has 0 atom stereocenters. The third-order valence-corrected chi connectivity index (χ3v) is 8.56. The van der Waals surface area contributed by atoms with Gasteiger partial charge in [-0.2, -0.15) is 0 Å². The van der Waals surface area contributed by atoms with Crippen LogP contribution in [0.5, 0.6) is 0 Å². The van der Waals surface area contributed by atoms with Crippen LogP contribution in [0.25, 0.3) is 70.0 Å². The Bertz CT molecular complexity index is 2090. The van der Waals surface area contributed by atoms with Crippen LogP contribution in [0.15, 0.2) is 134 Å². The Labute approximate surface area is 224 Å². The van der Waals surface area contributed by atoms with Gasteiger partial charge in [0.1, 0.15) is 0 Å². The fourth-order valence-corrected chi connectivity index (χ4v) is 6.73. The number of nitrogens with zero attached hydrogens (tertiary/aromatic N) is 2. The minimum Gasteiger partial charge on any atom is -0.309 e. The molecule has 0 bridgehead atoms. The number of hydrogen-bond donors (Lipinski definition) is 0. The summed E-state index contributed by atoms with van der Waals surface area (Å²) >= 11 is 1.80. The zero-order chi connectivity index (χ0) is 25.1. The molecule has 3 heteroatoms. The summed E-state index contributed by atoms with van der Waals surface area (Å²) in [5.41, 5.74) is 8.11. The highest BCUT2D eigenvalue weighted by Crippen LogP contribution is 2.37. The Morgan fingerprint density at radius 1 is 0.474 bits per heavy atom. The minimum atomic E-state index is 1.00. The lowest BCUT2D eigenvalue weighted by molar-refractivity contribution is 1.18. The van der Waals surface area contributed by atoms with Gasteiger partial charge in [-0.05, 0) is 53.6 Å². The van der Waals surface area contributed by atoms with E-state index in [-0.39, 0.29) is 0 Å². The van der Waals surface area contributed by atoms with Gasteiger partial charge < -0.3 is 4.57 Å². The van der Waals surface area contributed by atoms with E-state index >= 15 is 0 Å². The number of para-hydroxylation sites is 2. The van der Waals surface area contributed by atoms with Gasteiger partial charge in [0.15, 0.2) is 0 Å². The van der Waals surface area contributed by atoms with Crippen LogP contribution in [0.2, 0.25) is 0 Å². The number of benzene rings is 5. The van der Waals surface area contributed by atoms with E-state index in [0.29, 0.717) is 0 Å². The Kier molecular flexibility index (Phi) is 4.73. The number of fused-ring (bicyclic) bond motifs is 6. The minimum absolute atomic E-state index is 1.00. The lowest BCUT2D eigenvalue weighted by Crippen LogP contribution is -1.94. The molecule has 8 aromatic rings. The Hall–Kier alpha value is -4.73. The molecule has 5 aromatic carbocycles. The molecular formula is C35H22N2S. The van der Waals surface area contributed by atoms with Crippen LogP contribution in [-0.4, -0.2) is 9.55 Å². The summed E-state index contributed by atoms with van der Waals surface area (Å²) in [6.07, 6.45) is 2.02. The molecule has 0 N–H and O–H groups in total. The second-order valence-corrected chi connectivity index (χ2v) is 10.7. The summed E-state index contributed by atoms with van der Waals surface area (Å²) in [4.78, 5) is 4.84. The number of rotatable bonds is 3. The van der Waals surface area contributed by atoms with Gasteiger partial charge in [0.05, 0.1) is 21.4 Å². The van der Waals surface area contributed by atoms with Crippen molar-refractivity contribution in [1.29, 1.82) is 0 Å². The third-order valence-electron chi connectivity index (χ3n) is 7.44. The lowest BCUT2D eigenvalue weighted by Gasteiger charge is -2.11. The number of pyridine rings is 1. The molecular weight excluding hydrogens is 480 g/mol. The van der Waals surface area contributed by atoms with E-state index in [4.69, 9.17) is 4.98 Å². The van der Waals surface area contributed by atoms with Crippen LogP contribution in [0.1, 0.15) is 0 Å². The summed E-state index contributed by atoms with van der Waals surface area (Å²) in [7, 11) is 0. The molecule has 38 heavy (non-hydrogen) atoms.